The van der Waals surface area contributed by atoms with E-state index in [0.29, 0.717) is 43.3 Å². The average molecular weight is 485 g/mol. The highest BCUT2D eigenvalue weighted by Crippen LogP contribution is 2.37. The largest absolute Gasteiger partial charge is 0.394 e. The molecule has 1 amide bonds. The fourth-order valence-electron chi connectivity index (χ4n) is 4.34. The number of nitrogens with one attached hydrogen (secondary N) is 2. The lowest BCUT2D eigenvalue weighted by atomic mass is 9.85. The Hall–Kier alpha value is -3.85. The number of aliphatic hydroxyl groups is 1. The fourth-order valence-corrected chi connectivity index (χ4v) is 4.34. The van der Waals surface area contributed by atoms with E-state index in [1.165, 1.54) is 6.20 Å². The summed E-state index contributed by atoms with van der Waals surface area (Å²) in [6, 6.07) is 3.20. The van der Waals surface area contributed by atoms with Gasteiger partial charge in [0.2, 0.25) is 17.8 Å². The number of hydrogen-bond donors (Lipinski definition) is 4. The zero-order chi connectivity index (χ0) is 25.1. The van der Waals surface area contributed by atoms with Crippen LogP contribution in [-0.4, -0.2) is 43.2 Å². The van der Waals surface area contributed by atoms with Crippen molar-refractivity contribution in [3.05, 3.63) is 35.5 Å². The van der Waals surface area contributed by atoms with Gasteiger partial charge in [0.15, 0.2) is 17.3 Å². The van der Waals surface area contributed by atoms with Gasteiger partial charge in [0.05, 0.1) is 30.5 Å². The van der Waals surface area contributed by atoms with Crippen molar-refractivity contribution in [3.8, 4) is 6.07 Å². The normalized spacial score (nSPS) is 18.7. The number of halogens is 2. The molecule has 2 heterocycles. The first kappa shape index (κ1) is 24.3. The fraction of sp³-hybridized carbons (Fsp3) is 0.435. The number of fused-ring (bicyclic) bond motifs is 1. The van der Waals surface area contributed by atoms with Crippen LogP contribution in [0, 0.1) is 28.9 Å². The van der Waals surface area contributed by atoms with E-state index in [-0.39, 0.29) is 48.0 Å². The van der Waals surface area contributed by atoms with Crippen LogP contribution in [-0.2, 0) is 4.79 Å². The third-order valence-electron chi connectivity index (χ3n) is 6.35. The van der Waals surface area contributed by atoms with Crippen molar-refractivity contribution in [2.24, 2.45) is 11.7 Å². The summed E-state index contributed by atoms with van der Waals surface area (Å²) in [7, 11) is 0. The molecule has 0 spiro atoms. The highest BCUT2D eigenvalue weighted by Gasteiger charge is 2.29. The first-order valence-electron chi connectivity index (χ1n) is 11.4. The highest BCUT2D eigenvalue weighted by molar-refractivity contribution is 5.78. The minimum Gasteiger partial charge on any atom is -0.394 e. The molecule has 184 valence electrons. The van der Waals surface area contributed by atoms with Crippen LogP contribution in [0.4, 0.5) is 26.4 Å². The summed E-state index contributed by atoms with van der Waals surface area (Å²) >= 11 is 0. The van der Waals surface area contributed by atoms with Crippen molar-refractivity contribution >= 4 is 34.7 Å². The summed E-state index contributed by atoms with van der Waals surface area (Å²) in [6.45, 7) is 1.81. The van der Waals surface area contributed by atoms with E-state index < -0.39 is 17.3 Å². The molecular weight excluding hydrogens is 458 g/mol. The van der Waals surface area contributed by atoms with Gasteiger partial charge in [-0.25, -0.2) is 18.7 Å². The highest BCUT2D eigenvalue weighted by atomic mass is 19.1. The molecule has 2 aromatic heterocycles. The van der Waals surface area contributed by atoms with E-state index in [9.17, 15) is 18.7 Å². The maximum atomic E-state index is 14.6. The SMILES string of the molecule is CC[C@@H](CO)Nc1ncc2nc(Nc3c(F)cc(C#N)cc3F)n([C@H]3CC[C@@H](C(N)=O)CC3)c2n1. The minimum absolute atomic E-state index is 0.0989. The second-order valence-corrected chi connectivity index (χ2v) is 8.60. The molecule has 1 fully saturated rings. The number of nitriles is 1. The van der Waals surface area contributed by atoms with Gasteiger partial charge in [-0.2, -0.15) is 10.2 Å². The Bertz CT molecular complexity index is 1250. The molecule has 4 rings (SSSR count). The number of carbonyl (C=O) groups is 1. The zero-order valence-corrected chi connectivity index (χ0v) is 19.1. The molecule has 0 bridgehead atoms. The summed E-state index contributed by atoms with van der Waals surface area (Å²) in [5.41, 5.74) is 5.74. The second kappa shape index (κ2) is 10.2. The molecule has 1 aromatic carbocycles. The van der Waals surface area contributed by atoms with E-state index in [1.807, 2.05) is 6.92 Å². The molecule has 35 heavy (non-hydrogen) atoms. The summed E-state index contributed by atoms with van der Waals surface area (Å²) in [6.07, 6.45) is 4.46. The summed E-state index contributed by atoms with van der Waals surface area (Å²) in [5, 5.41) is 24.3. The number of amides is 1. The van der Waals surface area contributed by atoms with Gasteiger partial charge in [0, 0.05) is 12.0 Å². The van der Waals surface area contributed by atoms with Gasteiger partial charge in [-0.3, -0.25) is 9.36 Å². The van der Waals surface area contributed by atoms with Crippen LogP contribution in [0.25, 0.3) is 11.2 Å². The molecule has 1 aliphatic carbocycles. The molecule has 3 aromatic rings. The van der Waals surface area contributed by atoms with E-state index in [1.54, 1.807) is 10.6 Å². The first-order chi connectivity index (χ1) is 16.8. The van der Waals surface area contributed by atoms with Crippen LogP contribution in [0.1, 0.15) is 50.6 Å². The molecule has 0 radical (unpaired) electrons. The Morgan fingerprint density at radius 2 is 1.97 bits per heavy atom. The number of aromatic nitrogens is 4. The summed E-state index contributed by atoms with van der Waals surface area (Å²) in [5.74, 6) is -1.99. The molecule has 0 aliphatic heterocycles. The third-order valence-corrected chi connectivity index (χ3v) is 6.35. The number of aliphatic hydroxyl groups excluding tert-OH is 1. The second-order valence-electron chi connectivity index (χ2n) is 8.60. The lowest BCUT2D eigenvalue weighted by molar-refractivity contribution is -0.122. The topological polar surface area (TPSA) is 155 Å². The van der Waals surface area contributed by atoms with E-state index in [0.717, 1.165) is 12.1 Å². The van der Waals surface area contributed by atoms with Crippen LogP contribution >= 0.6 is 0 Å². The van der Waals surface area contributed by atoms with Gasteiger partial charge in [-0.05, 0) is 44.2 Å². The molecule has 1 atom stereocenters. The van der Waals surface area contributed by atoms with Gasteiger partial charge in [0.25, 0.3) is 0 Å². The maximum Gasteiger partial charge on any atom is 0.225 e. The standard InChI is InChI=1S/C23H26F2N8O2/c1-2-14(11-34)29-22-28-10-18-21(32-22)33(15-5-3-13(4-6-15)20(27)35)23(30-18)31-19-16(24)7-12(9-26)8-17(19)25/h7-8,10,13-15,34H,2-6,11H2,1H3,(H2,27,35)(H,30,31)(H,28,29,32)/t13-,14-,15+/m0/s1. The van der Waals surface area contributed by atoms with Crippen molar-refractivity contribution in [2.45, 2.75) is 51.1 Å². The van der Waals surface area contributed by atoms with Crippen LogP contribution in [0.15, 0.2) is 18.3 Å². The minimum atomic E-state index is -0.931. The molecule has 1 saturated carbocycles. The summed E-state index contributed by atoms with van der Waals surface area (Å²) < 4.78 is 31.0. The lowest BCUT2D eigenvalue weighted by Gasteiger charge is -2.29. The summed E-state index contributed by atoms with van der Waals surface area (Å²) in [4.78, 5) is 25.0. The zero-order valence-electron chi connectivity index (χ0n) is 19.1. The van der Waals surface area contributed by atoms with Gasteiger partial charge in [-0.15, -0.1) is 0 Å². The predicted molar refractivity (Wildman–Crippen MR) is 125 cm³/mol. The number of nitrogens with two attached hydrogens (primary N) is 1. The number of hydrogen-bond acceptors (Lipinski definition) is 8. The molecule has 10 nitrogen and oxygen atoms in total. The average Bonchev–Trinajstić information content (AvgIpc) is 3.21. The Kier molecular flexibility index (Phi) is 7.07. The number of anilines is 3. The Morgan fingerprint density at radius 1 is 1.29 bits per heavy atom. The van der Waals surface area contributed by atoms with Crippen molar-refractivity contribution in [1.82, 2.24) is 19.5 Å². The van der Waals surface area contributed by atoms with Crippen LogP contribution < -0.4 is 16.4 Å². The van der Waals surface area contributed by atoms with Gasteiger partial charge in [0.1, 0.15) is 11.2 Å². The quantitative estimate of drug-likeness (QED) is 0.380. The van der Waals surface area contributed by atoms with Gasteiger partial charge in [-0.1, -0.05) is 6.92 Å². The van der Waals surface area contributed by atoms with Gasteiger partial charge >= 0.3 is 0 Å². The lowest BCUT2D eigenvalue weighted by Crippen LogP contribution is -2.29. The van der Waals surface area contributed by atoms with Crippen LogP contribution in [0.3, 0.4) is 0 Å². The molecule has 0 unspecified atom stereocenters. The van der Waals surface area contributed by atoms with E-state index in [2.05, 4.69) is 25.6 Å². The monoisotopic (exact) mass is 484 g/mol. The van der Waals surface area contributed by atoms with Crippen molar-refractivity contribution in [3.63, 3.8) is 0 Å². The Labute approximate surface area is 200 Å². The van der Waals surface area contributed by atoms with Crippen molar-refractivity contribution in [1.29, 1.82) is 5.26 Å². The smallest absolute Gasteiger partial charge is 0.225 e. The molecule has 1 aliphatic rings. The van der Waals surface area contributed by atoms with Crippen molar-refractivity contribution < 1.29 is 18.7 Å². The van der Waals surface area contributed by atoms with Crippen molar-refractivity contribution in [2.75, 3.05) is 17.2 Å². The number of nitrogens with zero attached hydrogens (tertiary/aromatic N) is 5. The molecule has 0 saturated heterocycles. The first-order valence-corrected chi connectivity index (χ1v) is 11.4. The number of primary amides is 1. The predicted octanol–water partition coefficient (Wildman–Crippen LogP) is 3.12. The molecule has 5 N–H and O–H groups in total. The number of carbonyl (C=O) groups excluding carboxylic acids is 1. The van der Waals surface area contributed by atoms with Crippen LogP contribution in [0.2, 0.25) is 0 Å². The Balaban J connectivity index is 1.77. The number of rotatable bonds is 8. The van der Waals surface area contributed by atoms with E-state index in [4.69, 9.17) is 11.0 Å². The molecular formula is C23H26F2N8O2. The number of benzene rings is 1. The molecule has 12 heteroatoms. The maximum absolute atomic E-state index is 14.6. The van der Waals surface area contributed by atoms with E-state index >= 15 is 0 Å². The van der Waals surface area contributed by atoms with Crippen LogP contribution in [0.5, 0.6) is 0 Å². The number of imidazole rings is 1. The Morgan fingerprint density at radius 3 is 2.54 bits per heavy atom. The van der Waals surface area contributed by atoms with Gasteiger partial charge < -0.3 is 21.5 Å². The third kappa shape index (κ3) is 5.00.